The van der Waals surface area contributed by atoms with Gasteiger partial charge in [-0.3, -0.25) is 0 Å². The van der Waals surface area contributed by atoms with E-state index in [2.05, 4.69) is 6.07 Å². The molecule has 216 valence electrons. The Balaban J connectivity index is 1.73. The first-order valence-corrected chi connectivity index (χ1v) is 15.2. The summed E-state index contributed by atoms with van der Waals surface area (Å²) in [6, 6.07) is 2.07. The average Bonchev–Trinajstić information content (AvgIpc) is 3.34. The SMILES string of the molecule is CC(C)(C)OC(=O)N(C(=O)OC(C)(C)C)C1=N[C@@]2(c3cc(B4OC(C)(C)C(C)(C)O4)cs3)COCC[C@H]2CS1. The molecule has 1 aromatic rings. The van der Waals surface area contributed by atoms with Crippen LogP contribution in [0.3, 0.4) is 0 Å². The van der Waals surface area contributed by atoms with Crippen molar-refractivity contribution in [2.24, 2.45) is 10.9 Å². The number of nitrogens with zero attached hydrogens (tertiary/aromatic N) is 2. The minimum atomic E-state index is -0.822. The Labute approximate surface area is 240 Å². The quantitative estimate of drug-likeness (QED) is 0.420. The average molecular weight is 581 g/mol. The van der Waals surface area contributed by atoms with Gasteiger partial charge in [0.25, 0.3) is 0 Å². The molecule has 0 unspecified atom stereocenters. The number of ether oxygens (including phenoxy) is 3. The number of carbonyl (C=O) groups is 2. The molecular weight excluding hydrogens is 539 g/mol. The summed E-state index contributed by atoms with van der Waals surface area (Å²) in [5.41, 5.74) is -2.38. The van der Waals surface area contributed by atoms with Crippen molar-refractivity contribution in [2.75, 3.05) is 19.0 Å². The third-order valence-corrected chi connectivity index (χ3v) is 9.45. The summed E-state index contributed by atoms with van der Waals surface area (Å²) in [5, 5.41) is 2.28. The van der Waals surface area contributed by atoms with Gasteiger partial charge in [-0.05, 0) is 92.6 Å². The van der Waals surface area contributed by atoms with Crippen molar-refractivity contribution >= 4 is 53.0 Å². The Morgan fingerprint density at radius 1 is 1.03 bits per heavy atom. The second-order valence-corrected chi connectivity index (χ2v) is 15.2. The molecule has 0 bridgehead atoms. The molecule has 3 aliphatic rings. The number of thiophene rings is 1. The Kier molecular flexibility index (Phi) is 8.06. The van der Waals surface area contributed by atoms with Crippen LogP contribution in [0.15, 0.2) is 16.4 Å². The van der Waals surface area contributed by atoms with E-state index in [1.165, 1.54) is 11.8 Å². The monoisotopic (exact) mass is 580 g/mol. The summed E-state index contributed by atoms with van der Waals surface area (Å²) in [7, 11) is -0.499. The zero-order valence-corrected chi connectivity index (χ0v) is 26.3. The van der Waals surface area contributed by atoms with Gasteiger partial charge in [0.2, 0.25) is 0 Å². The van der Waals surface area contributed by atoms with Gasteiger partial charge in [-0.25, -0.2) is 14.6 Å². The Morgan fingerprint density at radius 2 is 1.59 bits per heavy atom. The van der Waals surface area contributed by atoms with Gasteiger partial charge in [-0.1, -0.05) is 11.8 Å². The van der Waals surface area contributed by atoms with Crippen LogP contribution in [0.1, 0.15) is 80.5 Å². The van der Waals surface area contributed by atoms with Crippen LogP contribution in [0, 0.1) is 5.92 Å². The summed E-state index contributed by atoms with van der Waals surface area (Å²) >= 11 is 2.93. The topological polar surface area (TPSA) is 95.9 Å². The Hall–Kier alpha value is -1.60. The Bertz CT molecular complexity index is 1090. The number of carbonyl (C=O) groups excluding carboxylic acids is 2. The van der Waals surface area contributed by atoms with Gasteiger partial charge in [-0.2, -0.15) is 4.90 Å². The van der Waals surface area contributed by atoms with Crippen molar-refractivity contribution in [3.63, 3.8) is 0 Å². The zero-order valence-electron chi connectivity index (χ0n) is 24.7. The summed E-state index contributed by atoms with van der Waals surface area (Å²) < 4.78 is 29.8. The number of thioether (sulfide) groups is 1. The highest BCUT2D eigenvalue weighted by Crippen LogP contribution is 2.47. The normalized spacial score (nSPS) is 26.5. The molecule has 0 saturated carbocycles. The van der Waals surface area contributed by atoms with E-state index in [0.29, 0.717) is 19.0 Å². The second-order valence-electron chi connectivity index (χ2n) is 13.3. The highest BCUT2D eigenvalue weighted by molar-refractivity contribution is 8.13. The summed E-state index contributed by atoms with van der Waals surface area (Å²) in [6.07, 6.45) is -0.832. The molecule has 2 saturated heterocycles. The van der Waals surface area contributed by atoms with Crippen molar-refractivity contribution in [2.45, 2.75) is 104 Å². The van der Waals surface area contributed by atoms with Crippen LogP contribution >= 0.6 is 23.1 Å². The lowest BCUT2D eigenvalue weighted by Gasteiger charge is -2.44. The fourth-order valence-electron chi connectivity index (χ4n) is 4.50. The van der Waals surface area contributed by atoms with Crippen LogP contribution in [0.5, 0.6) is 0 Å². The van der Waals surface area contributed by atoms with Crippen LogP contribution in [0.4, 0.5) is 9.59 Å². The number of aliphatic imine (C=N–C) groups is 1. The van der Waals surface area contributed by atoms with E-state index in [-0.39, 0.29) is 11.1 Å². The van der Waals surface area contributed by atoms with Crippen LogP contribution < -0.4 is 5.46 Å². The van der Waals surface area contributed by atoms with E-state index >= 15 is 0 Å². The molecule has 0 aliphatic carbocycles. The van der Waals surface area contributed by atoms with E-state index in [1.807, 2.05) is 33.1 Å². The summed E-state index contributed by atoms with van der Waals surface area (Å²) in [6.45, 7) is 19.6. The van der Waals surface area contributed by atoms with Crippen LogP contribution in [0.25, 0.3) is 0 Å². The first-order chi connectivity index (χ1) is 17.8. The molecule has 39 heavy (non-hydrogen) atoms. The van der Waals surface area contributed by atoms with Gasteiger partial charge >= 0.3 is 19.3 Å². The Morgan fingerprint density at radius 3 is 2.13 bits per heavy atom. The van der Waals surface area contributed by atoms with Crippen molar-refractivity contribution in [1.29, 1.82) is 0 Å². The molecule has 4 rings (SSSR count). The number of amides is 2. The molecule has 0 radical (unpaired) electrons. The van der Waals surface area contributed by atoms with E-state index in [9.17, 15) is 9.59 Å². The van der Waals surface area contributed by atoms with Gasteiger partial charge in [0, 0.05) is 23.2 Å². The van der Waals surface area contributed by atoms with Crippen molar-refractivity contribution in [3.8, 4) is 0 Å². The third-order valence-electron chi connectivity index (χ3n) is 7.23. The predicted octanol–water partition coefficient (Wildman–Crippen LogP) is 5.55. The molecule has 2 atom stereocenters. The molecular formula is C27H41BN2O7S2. The van der Waals surface area contributed by atoms with Gasteiger partial charge in [-0.15, -0.1) is 11.3 Å². The van der Waals surface area contributed by atoms with Gasteiger partial charge in [0.15, 0.2) is 5.17 Å². The standard InChI is InChI=1S/C27H41BN2O7S2/c1-23(2,3)34-21(31)30(22(32)35-24(4,5)6)20-29-27(16-33-12-11-17(27)14-39-20)19-13-18(15-38-19)28-36-25(7,8)26(9,10)37-28/h13,15,17H,11-12,14,16H2,1-10H3/t17-,27-/m0/s1. The third kappa shape index (κ3) is 6.35. The fraction of sp³-hybridized carbons (Fsp3) is 0.741. The highest BCUT2D eigenvalue weighted by Gasteiger charge is 2.54. The first kappa shape index (κ1) is 30.4. The fourth-order valence-corrected chi connectivity index (χ4v) is 6.92. The number of rotatable bonds is 2. The molecule has 3 aliphatic heterocycles. The predicted molar refractivity (Wildman–Crippen MR) is 155 cm³/mol. The number of fused-ring (bicyclic) bond motifs is 1. The molecule has 0 aromatic carbocycles. The minimum Gasteiger partial charge on any atom is -0.443 e. The van der Waals surface area contributed by atoms with Crippen molar-refractivity contribution in [1.82, 2.24) is 4.90 Å². The van der Waals surface area contributed by atoms with E-state index in [4.69, 9.17) is 28.5 Å². The number of amidine groups is 1. The maximum Gasteiger partial charge on any atom is 0.495 e. The van der Waals surface area contributed by atoms with Crippen molar-refractivity contribution < 1.29 is 33.1 Å². The first-order valence-electron chi connectivity index (χ1n) is 13.3. The van der Waals surface area contributed by atoms with Gasteiger partial charge in [0.05, 0.1) is 17.8 Å². The molecule has 9 nitrogen and oxygen atoms in total. The molecule has 2 amide bonds. The molecule has 12 heteroatoms. The molecule has 2 fully saturated rings. The molecule has 0 N–H and O–H groups in total. The second kappa shape index (κ2) is 10.3. The van der Waals surface area contributed by atoms with Gasteiger partial charge < -0.3 is 23.5 Å². The lowest BCUT2D eigenvalue weighted by molar-refractivity contribution is 0.00289. The number of hydrogen-bond acceptors (Lipinski definition) is 10. The van der Waals surface area contributed by atoms with Crippen LogP contribution in [0.2, 0.25) is 0 Å². The van der Waals surface area contributed by atoms with Gasteiger partial charge in [0.1, 0.15) is 16.7 Å². The minimum absolute atomic E-state index is 0.156. The van der Waals surface area contributed by atoms with Crippen LogP contribution in [-0.2, 0) is 29.1 Å². The smallest absolute Gasteiger partial charge is 0.443 e. The van der Waals surface area contributed by atoms with Crippen LogP contribution in [-0.4, -0.2) is 70.7 Å². The lowest BCUT2D eigenvalue weighted by Crippen LogP contribution is -2.52. The molecule has 4 heterocycles. The van der Waals surface area contributed by atoms with E-state index in [0.717, 1.165) is 21.7 Å². The zero-order chi connectivity index (χ0) is 29.0. The largest absolute Gasteiger partial charge is 0.495 e. The molecule has 1 aromatic heterocycles. The van der Waals surface area contributed by atoms with E-state index < -0.39 is 47.2 Å². The lowest BCUT2D eigenvalue weighted by atomic mass is 9.77. The number of imide groups is 1. The van der Waals surface area contributed by atoms with Crippen molar-refractivity contribution in [3.05, 3.63) is 16.3 Å². The summed E-state index contributed by atoms with van der Waals surface area (Å²) in [5.74, 6) is 0.817. The maximum absolute atomic E-state index is 13.3. The number of hydrogen-bond donors (Lipinski definition) is 0. The summed E-state index contributed by atoms with van der Waals surface area (Å²) in [4.78, 5) is 33.7. The highest BCUT2D eigenvalue weighted by atomic mass is 32.2. The maximum atomic E-state index is 13.3. The van der Waals surface area contributed by atoms with E-state index in [1.54, 1.807) is 52.9 Å². The molecule has 0 spiro atoms.